The van der Waals surface area contributed by atoms with Crippen molar-refractivity contribution in [1.82, 2.24) is 0 Å². The van der Waals surface area contributed by atoms with Crippen molar-refractivity contribution in [2.75, 3.05) is 6.61 Å². The fourth-order valence-electron chi connectivity index (χ4n) is 5.94. The lowest BCUT2D eigenvalue weighted by Gasteiger charge is -2.45. The van der Waals surface area contributed by atoms with E-state index in [0.29, 0.717) is 25.0 Å². The fourth-order valence-corrected chi connectivity index (χ4v) is 5.94. The molecule has 0 fully saturated rings. The maximum atomic E-state index is 10.7. The van der Waals surface area contributed by atoms with Gasteiger partial charge < -0.3 is 25.2 Å². The quantitative estimate of drug-likeness (QED) is 0.224. The molecule has 2 rings (SSSR count). The molecule has 33 heavy (non-hydrogen) atoms. The summed E-state index contributed by atoms with van der Waals surface area (Å²) in [6.45, 7) is 9.31. The standard InChI is InChI=1S/C27H46O6/c1-5-13-27(4,14-6-2)17-33-23-16-22(29)26(32)20-15-21(28)18(3)19(25(20)23)11-9-7-8-10-12-24(30)31/h15,18-19,22-23,25,28-29,32H,5-14,16-17H2,1-4H3,(H,30,31)/t18-,19+,22-,23-,25+/m0/s1. The molecule has 4 N–H and O–H groups in total. The molecule has 2 aliphatic carbocycles. The summed E-state index contributed by atoms with van der Waals surface area (Å²) in [6, 6.07) is 0. The summed E-state index contributed by atoms with van der Waals surface area (Å²) in [5.74, 6) is -0.550. The van der Waals surface area contributed by atoms with Gasteiger partial charge in [-0.2, -0.15) is 0 Å². The normalized spacial score (nSPS) is 27.9. The van der Waals surface area contributed by atoms with Crippen molar-refractivity contribution < 1.29 is 30.0 Å². The Morgan fingerprint density at radius 1 is 1.12 bits per heavy atom. The van der Waals surface area contributed by atoms with Gasteiger partial charge in [0.25, 0.3) is 0 Å². The lowest BCUT2D eigenvalue weighted by Crippen LogP contribution is -2.45. The van der Waals surface area contributed by atoms with Crippen molar-refractivity contribution in [3.05, 3.63) is 23.2 Å². The topological polar surface area (TPSA) is 107 Å². The van der Waals surface area contributed by atoms with E-state index in [1.807, 2.05) is 6.92 Å². The number of aliphatic hydroxyl groups excluding tert-OH is 3. The van der Waals surface area contributed by atoms with Gasteiger partial charge in [0.15, 0.2) is 0 Å². The summed E-state index contributed by atoms with van der Waals surface area (Å²) < 4.78 is 6.55. The Bertz CT molecular complexity index is 691. The molecule has 0 bridgehead atoms. The Morgan fingerprint density at radius 2 is 1.76 bits per heavy atom. The highest BCUT2D eigenvalue weighted by Crippen LogP contribution is 2.47. The van der Waals surface area contributed by atoms with Crippen molar-refractivity contribution >= 4 is 5.97 Å². The van der Waals surface area contributed by atoms with Gasteiger partial charge in [0.1, 0.15) is 11.9 Å². The largest absolute Gasteiger partial charge is 0.512 e. The van der Waals surface area contributed by atoms with Crippen LogP contribution in [0.5, 0.6) is 0 Å². The summed E-state index contributed by atoms with van der Waals surface area (Å²) in [6.07, 6.45) is 9.71. The molecule has 0 radical (unpaired) electrons. The van der Waals surface area contributed by atoms with Gasteiger partial charge in [0.2, 0.25) is 0 Å². The molecule has 6 heteroatoms. The first kappa shape index (κ1) is 27.7. The second-order valence-corrected chi connectivity index (χ2v) is 10.6. The lowest BCUT2D eigenvalue weighted by atomic mass is 9.65. The van der Waals surface area contributed by atoms with Crippen LogP contribution in [-0.4, -0.2) is 45.2 Å². The molecule has 2 aliphatic rings. The van der Waals surface area contributed by atoms with Crippen LogP contribution in [0.4, 0.5) is 0 Å². The van der Waals surface area contributed by atoms with Crippen molar-refractivity contribution in [2.24, 2.45) is 23.2 Å². The molecule has 0 aromatic carbocycles. The molecule has 190 valence electrons. The van der Waals surface area contributed by atoms with Crippen LogP contribution in [0.25, 0.3) is 0 Å². The van der Waals surface area contributed by atoms with Crippen LogP contribution in [0.2, 0.25) is 0 Å². The zero-order chi connectivity index (χ0) is 24.6. The highest BCUT2D eigenvalue weighted by molar-refractivity contribution is 5.66. The minimum absolute atomic E-state index is 0.0327. The Labute approximate surface area is 199 Å². The average molecular weight is 467 g/mol. The second kappa shape index (κ2) is 12.8. The smallest absolute Gasteiger partial charge is 0.303 e. The third kappa shape index (κ3) is 7.48. The first-order valence-electron chi connectivity index (χ1n) is 13.0. The highest BCUT2D eigenvalue weighted by atomic mass is 16.5. The number of unbranched alkanes of at least 4 members (excludes halogenated alkanes) is 3. The van der Waals surface area contributed by atoms with Gasteiger partial charge in [-0.3, -0.25) is 4.79 Å². The molecule has 0 unspecified atom stereocenters. The zero-order valence-corrected chi connectivity index (χ0v) is 21.1. The Hall–Kier alpha value is -1.53. The summed E-state index contributed by atoms with van der Waals surface area (Å²) in [5.41, 5.74) is 0.716. The number of ether oxygens (including phenoxy) is 1. The SMILES string of the molecule is CCCC(C)(CCC)CO[C@H]1C[C@H](O)C(O)=C2C=C(O)[C@@H](C)[C@@H](CCCCCCC(=O)O)[C@H]21. The van der Waals surface area contributed by atoms with E-state index < -0.39 is 12.1 Å². The van der Waals surface area contributed by atoms with Crippen molar-refractivity contribution in [3.8, 4) is 0 Å². The molecule has 0 aromatic heterocycles. The van der Waals surface area contributed by atoms with Crippen LogP contribution in [0.3, 0.4) is 0 Å². The van der Waals surface area contributed by atoms with E-state index in [-0.39, 0.29) is 47.2 Å². The number of fused-ring (bicyclic) bond motifs is 1. The van der Waals surface area contributed by atoms with Crippen molar-refractivity contribution in [3.63, 3.8) is 0 Å². The fraction of sp³-hybridized carbons (Fsp3) is 0.815. The monoisotopic (exact) mass is 466 g/mol. The average Bonchev–Trinajstić information content (AvgIpc) is 2.75. The van der Waals surface area contributed by atoms with Gasteiger partial charge in [0, 0.05) is 30.3 Å². The Morgan fingerprint density at radius 3 is 2.36 bits per heavy atom. The molecule has 0 spiro atoms. The molecule has 5 atom stereocenters. The highest BCUT2D eigenvalue weighted by Gasteiger charge is 2.46. The Balaban J connectivity index is 2.16. The van der Waals surface area contributed by atoms with E-state index >= 15 is 0 Å². The second-order valence-electron chi connectivity index (χ2n) is 10.6. The molecule has 0 aromatic rings. The Kier molecular flexibility index (Phi) is 10.7. The van der Waals surface area contributed by atoms with Gasteiger partial charge in [-0.25, -0.2) is 0 Å². The van der Waals surface area contributed by atoms with E-state index in [1.165, 1.54) is 0 Å². The molecule has 0 heterocycles. The van der Waals surface area contributed by atoms with E-state index in [4.69, 9.17) is 9.84 Å². The van der Waals surface area contributed by atoms with Gasteiger partial charge in [-0.05, 0) is 43.1 Å². The minimum atomic E-state index is -0.973. The number of allylic oxidation sites excluding steroid dienone is 2. The number of carbonyl (C=O) groups is 1. The van der Waals surface area contributed by atoms with E-state index in [2.05, 4.69) is 20.8 Å². The molecular weight excluding hydrogens is 420 g/mol. The summed E-state index contributed by atoms with van der Waals surface area (Å²) in [5, 5.41) is 40.6. The first-order valence-corrected chi connectivity index (χ1v) is 13.0. The maximum Gasteiger partial charge on any atom is 0.303 e. The van der Waals surface area contributed by atoms with Crippen LogP contribution >= 0.6 is 0 Å². The number of hydrogen-bond acceptors (Lipinski definition) is 5. The molecule has 0 saturated carbocycles. The molecule has 6 nitrogen and oxygen atoms in total. The van der Waals surface area contributed by atoms with Gasteiger partial charge in [0.05, 0.1) is 18.5 Å². The van der Waals surface area contributed by atoms with Crippen LogP contribution in [-0.2, 0) is 9.53 Å². The molecule has 0 saturated heterocycles. The number of carboxylic acids is 1. The zero-order valence-electron chi connectivity index (χ0n) is 21.1. The predicted octanol–water partition coefficient (Wildman–Crippen LogP) is 6.30. The number of carboxylic acid groups (broad SMARTS) is 1. The molecular formula is C27H46O6. The summed E-state index contributed by atoms with van der Waals surface area (Å²) >= 11 is 0. The number of rotatable bonds is 14. The lowest BCUT2D eigenvalue weighted by molar-refractivity contribution is -0.137. The van der Waals surface area contributed by atoms with Crippen molar-refractivity contribution in [1.29, 1.82) is 0 Å². The maximum absolute atomic E-state index is 10.7. The molecule has 0 aliphatic heterocycles. The predicted molar refractivity (Wildman–Crippen MR) is 130 cm³/mol. The van der Waals surface area contributed by atoms with Gasteiger partial charge in [-0.1, -0.05) is 59.8 Å². The van der Waals surface area contributed by atoms with Crippen LogP contribution < -0.4 is 0 Å². The third-order valence-electron chi connectivity index (χ3n) is 7.73. The minimum Gasteiger partial charge on any atom is -0.512 e. The van der Waals surface area contributed by atoms with Crippen LogP contribution in [0.15, 0.2) is 23.2 Å². The summed E-state index contributed by atoms with van der Waals surface area (Å²) in [7, 11) is 0. The third-order valence-corrected chi connectivity index (χ3v) is 7.73. The summed E-state index contributed by atoms with van der Waals surface area (Å²) in [4.78, 5) is 10.7. The van der Waals surface area contributed by atoms with E-state index in [0.717, 1.165) is 51.4 Å². The van der Waals surface area contributed by atoms with Crippen LogP contribution in [0.1, 0.15) is 98.3 Å². The first-order chi connectivity index (χ1) is 15.6. The van der Waals surface area contributed by atoms with Crippen molar-refractivity contribution in [2.45, 2.75) is 111 Å². The van der Waals surface area contributed by atoms with Gasteiger partial charge >= 0.3 is 5.97 Å². The van der Waals surface area contributed by atoms with E-state index in [1.54, 1.807) is 6.08 Å². The van der Waals surface area contributed by atoms with Crippen LogP contribution in [0, 0.1) is 23.2 Å². The number of aliphatic hydroxyl groups is 3. The number of hydrogen-bond donors (Lipinski definition) is 4. The number of aliphatic carboxylic acids is 1. The molecule has 0 amide bonds. The van der Waals surface area contributed by atoms with Gasteiger partial charge in [-0.15, -0.1) is 0 Å². The van der Waals surface area contributed by atoms with E-state index in [9.17, 15) is 20.1 Å².